The molecule has 0 bridgehead atoms. The summed E-state index contributed by atoms with van der Waals surface area (Å²) < 4.78 is 0. The number of carbonyl (C=O) groups excluding carboxylic acids is 3. The quantitative estimate of drug-likeness (QED) is 0.390. The van der Waals surface area contributed by atoms with E-state index in [0.29, 0.717) is 13.0 Å². The van der Waals surface area contributed by atoms with Crippen molar-refractivity contribution < 1.29 is 14.4 Å². The van der Waals surface area contributed by atoms with Gasteiger partial charge in [0, 0.05) is 45.7 Å². The van der Waals surface area contributed by atoms with Crippen molar-refractivity contribution in [3.8, 4) is 0 Å². The summed E-state index contributed by atoms with van der Waals surface area (Å²) in [4.78, 5) is 40.2. The van der Waals surface area contributed by atoms with Crippen molar-refractivity contribution in [2.24, 2.45) is 5.73 Å². The summed E-state index contributed by atoms with van der Waals surface area (Å²) in [5, 5.41) is 5.41. The summed E-state index contributed by atoms with van der Waals surface area (Å²) in [6.45, 7) is 7.49. The molecule has 0 radical (unpaired) electrons. The molecule has 0 spiro atoms. The molecular formula is C19H37N5O3. The lowest BCUT2D eigenvalue weighted by molar-refractivity contribution is -0.130. The Morgan fingerprint density at radius 1 is 1.00 bits per heavy atom. The smallest absolute Gasteiger partial charge is 0.240 e. The molecule has 1 heterocycles. The maximum atomic E-state index is 12.1. The summed E-state index contributed by atoms with van der Waals surface area (Å²) in [5.41, 5.74) is 5.34. The highest BCUT2D eigenvalue weighted by Crippen LogP contribution is 2.05. The molecule has 1 aliphatic rings. The van der Waals surface area contributed by atoms with Crippen LogP contribution in [0.5, 0.6) is 0 Å². The lowest BCUT2D eigenvalue weighted by atomic mass is 10.1. The molecule has 4 N–H and O–H groups in total. The molecule has 8 nitrogen and oxygen atoms in total. The van der Waals surface area contributed by atoms with E-state index in [4.69, 9.17) is 5.73 Å². The second kappa shape index (κ2) is 13.5. The molecular weight excluding hydrogens is 346 g/mol. The first-order chi connectivity index (χ1) is 12.9. The highest BCUT2D eigenvalue weighted by Gasteiger charge is 2.21. The monoisotopic (exact) mass is 383 g/mol. The first-order valence-electron chi connectivity index (χ1n) is 10.2. The van der Waals surface area contributed by atoms with Gasteiger partial charge in [0.05, 0.1) is 6.42 Å². The number of primary amides is 1. The van der Waals surface area contributed by atoms with Crippen molar-refractivity contribution in [1.82, 2.24) is 20.4 Å². The number of nitrogens with two attached hydrogens (primary N) is 1. The van der Waals surface area contributed by atoms with Crippen molar-refractivity contribution in [1.29, 1.82) is 0 Å². The van der Waals surface area contributed by atoms with E-state index in [1.54, 1.807) is 0 Å². The van der Waals surface area contributed by atoms with Crippen LogP contribution in [-0.2, 0) is 14.4 Å². The first-order valence-corrected chi connectivity index (χ1v) is 10.2. The van der Waals surface area contributed by atoms with E-state index in [1.165, 1.54) is 6.42 Å². The molecule has 0 saturated carbocycles. The third kappa shape index (κ3) is 10.9. The molecule has 3 amide bonds. The Morgan fingerprint density at radius 3 is 2.30 bits per heavy atom. The fraction of sp³-hybridized carbons (Fsp3) is 0.842. The van der Waals surface area contributed by atoms with Crippen LogP contribution in [0.2, 0.25) is 0 Å². The molecule has 1 fully saturated rings. The van der Waals surface area contributed by atoms with Gasteiger partial charge in [-0.05, 0) is 13.5 Å². The van der Waals surface area contributed by atoms with Gasteiger partial charge in [-0.15, -0.1) is 0 Å². The minimum absolute atomic E-state index is 0.111. The molecule has 1 aliphatic heterocycles. The summed E-state index contributed by atoms with van der Waals surface area (Å²) in [6.07, 6.45) is 5.46. The predicted molar refractivity (Wildman–Crippen MR) is 106 cm³/mol. The zero-order valence-electron chi connectivity index (χ0n) is 17.0. The molecule has 27 heavy (non-hydrogen) atoms. The minimum Gasteiger partial charge on any atom is -0.368 e. The summed E-state index contributed by atoms with van der Waals surface area (Å²) in [6, 6.07) is -0.947. The van der Waals surface area contributed by atoms with Crippen LogP contribution in [0, 0.1) is 0 Å². The Kier molecular flexibility index (Phi) is 11.7. The van der Waals surface area contributed by atoms with Gasteiger partial charge in [-0.1, -0.05) is 32.6 Å². The standard InChI is InChI=1S/C19H37N5O3/c1-3-4-5-6-7-8-17(25)22-16(19(20)27)15-18(26)21-9-10-24-13-11-23(2)12-14-24/h16H,3-15H2,1-2H3,(H2,20,27)(H,21,26)(H,22,25). The molecule has 1 unspecified atom stereocenters. The molecule has 1 rings (SSSR count). The number of nitrogens with zero attached hydrogens (tertiary/aromatic N) is 2. The third-order valence-electron chi connectivity index (χ3n) is 4.92. The fourth-order valence-corrected chi connectivity index (χ4v) is 3.06. The van der Waals surface area contributed by atoms with Gasteiger partial charge in [0.1, 0.15) is 6.04 Å². The number of hydrogen-bond acceptors (Lipinski definition) is 5. The average molecular weight is 384 g/mol. The van der Waals surface area contributed by atoms with Crippen molar-refractivity contribution in [3.05, 3.63) is 0 Å². The zero-order chi connectivity index (χ0) is 20.1. The number of rotatable bonds is 13. The van der Waals surface area contributed by atoms with Crippen LogP contribution in [0.25, 0.3) is 0 Å². The van der Waals surface area contributed by atoms with Crippen LogP contribution in [0.15, 0.2) is 0 Å². The minimum atomic E-state index is -0.947. The Hall–Kier alpha value is -1.67. The molecule has 1 atom stereocenters. The molecule has 8 heteroatoms. The van der Waals surface area contributed by atoms with E-state index in [0.717, 1.165) is 58.4 Å². The van der Waals surface area contributed by atoms with Gasteiger partial charge >= 0.3 is 0 Å². The number of unbranched alkanes of at least 4 members (excludes halogenated alkanes) is 4. The molecule has 0 aromatic heterocycles. The SMILES string of the molecule is CCCCCCCC(=O)NC(CC(=O)NCCN1CCN(C)CC1)C(N)=O. The van der Waals surface area contributed by atoms with Gasteiger partial charge in [-0.3, -0.25) is 19.3 Å². The van der Waals surface area contributed by atoms with Crippen molar-refractivity contribution in [2.45, 2.75) is 57.9 Å². The van der Waals surface area contributed by atoms with Gasteiger partial charge in [0.25, 0.3) is 0 Å². The normalized spacial score (nSPS) is 16.7. The highest BCUT2D eigenvalue weighted by molar-refractivity contribution is 5.91. The number of amides is 3. The van der Waals surface area contributed by atoms with Crippen LogP contribution in [0.1, 0.15) is 51.9 Å². The number of nitrogens with one attached hydrogen (secondary N) is 2. The largest absolute Gasteiger partial charge is 0.368 e. The van der Waals surface area contributed by atoms with Gasteiger partial charge in [-0.2, -0.15) is 0 Å². The Labute approximate surface area is 163 Å². The number of hydrogen-bond donors (Lipinski definition) is 3. The third-order valence-corrected chi connectivity index (χ3v) is 4.92. The van der Waals surface area contributed by atoms with Crippen molar-refractivity contribution in [2.75, 3.05) is 46.3 Å². The average Bonchev–Trinajstić information content (AvgIpc) is 2.62. The number of piperazine rings is 1. The lowest BCUT2D eigenvalue weighted by Gasteiger charge is -2.32. The second-order valence-corrected chi connectivity index (χ2v) is 7.39. The molecule has 156 valence electrons. The van der Waals surface area contributed by atoms with Crippen LogP contribution in [-0.4, -0.2) is 79.9 Å². The lowest BCUT2D eigenvalue weighted by Crippen LogP contribution is -2.49. The van der Waals surface area contributed by atoms with E-state index in [-0.39, 0.29) is 18.2 Å². The van der Waals surface area contributed by atoms with E-state index in [1.807, 2.05) is 0 Å². The van der Waals surface area contributed by atoms with Crippen molar-refractivity contribution in [3.63, 3.8) is 0 Å². The van der Waals surface area contributed by atoms with E-state index in [9.17, 15) is 14.4 Å². The highest BCUT2D eigenvalue weighted by atomic mass is 16.2. The van der Waals surface area contributed by atoms with Gasteiger partial charge < -0.3 is 21.3 Å². The second-order valence-electron chi connectivity index (χ2n) is 7.39. The van der Waals surface area contributed by atoms with E-state index >= 15 is 0 Å². The predicted octanol–water partition coefficient (Wildman–Crippen LogP) is 0.0707. The number of likely N-dealkylation sites (N-methyl/N-ethyl adjacent to an activating group) is 1. The van der Waals surface area contributed by atoms with E-state index in [2.05, 4.69) is 34.4 Å². The molecule has 1 saturated heterocycles. The summed E-state index contributed by atoms with van der Waals surface area (Å²) in [7, 11) is 2.10. The van der Waals surface area contributed by atoms with Gasteiger partial charge in [0.2, 0.25) is 17.7 Å². The van der Waals surface area contributed by atoms with Crippen LogP contribution < -0.4 is 16.4 Å². The first kappa shape index (κ1) is 23.4. The van der Waals surface area contributed by atoms with Crippen molar-refractivity contribution >= 4 is 17.7 Å². The van der Waals surface area contributed by atoms with Crippen LogP contribution >= 0.6 is 0 Å². The molecule has 0 aromatic rings. The number of carbonyl (C=O) groups is 3. The van der Waals surface area contributed by atoms with Crippen LogP contribution in [0.3, 0.4) is 0 Å². The maximum absolute atomic E-state index is 12.1. The summed E-state index contributed by atoms with van der Waals surface area (Å²) in [5.74, 6) is -1.17. The maximum Gasteiger partial charge on any atom is 0.240 e. The summed E-state index contributed by atoms with van der Waals surface area (Å²) >= 11 is 0. The Balaban J connectivity index is 2.22. The molecule has 0 aliphatic carbocycles. The van der Waals surface area contributed by atoms with Gasteiger partial charge in [-0.25, -0.2) is 0 Å². The van der Waals surface area contributed by atoms with Crippen LogP contribution in [0.4, 0.5) is 0 Å². The Bertz CT molecular complexity index is 464. The Morgan fingerprint density at radius 2 is 1.67 bits per heavy atom. The van der Waals surface area contributed by atoms with Gasteiger partial charge in [0.15, 0.2) is 0 Å². The zero-order valence-corrected chi connectivity index (χ0v) is 17.0. The van der Waals surface area contributed by atoms with E-state index < -0.39 is 11.9 Å². The molecule has 0 aromatic carbocycles. The fourth-order valence-electron chi connectivity index (χ4n) is 3.06. The topological polar surface area (TPSA) is 108 Å².